The second kappa shape index (κ2) is 7.36. The van der Waals surface area contributed by atoms with Crippen molar-refractivity contribution in [1.82, 2.24) is 10.6 Å². The Labute approximate surface area is 108 Å². The van der Waals surface area contributed by atoms with Crippen molar-refractivity contribution in [3.05, 3.63) is 0 Å². The number of aliphatic carboxylic acids is 1. The standard InChI is InChI=1S/C13H24N2O3/c1-2-9-14-10-11(16)15-13(12(17)18)7-5-3-4-6-8-13/h14H,2-10H2,1H3,(H,15,16)(H,17,18). The summed E-state index contributed by atoms with van der Waals surface area (Å²) >= 11 is 0. The zero-order valence-electron chi connectivity index (χ0n) is 11.1. The Morgan fingerprint density at radius 2 is 1.78 bits per heavy atom. The average molecular weight is 256 g/mol. The van der Waals surface area contributed by atoms with Crippen LogP contribution in [0.3, 0.4) is 0 Å². The lowest BCUT2D eigenvalue weighted by Crippen LogP contribution is -2.56. The Morgan fingerprint density at radius 3 is 2.28 bits per heavy atom. The lowest BCUT2D eigenvalue weighted by molar-refractivity contribution is -0.148. The van der Waals surface area contributed by atoms with Crippen LogP contribution in [0.25, 0.3) is 0 Å². The molecule has 1 amide bonds. The van der Waals surface area contributed by atoms with Crippen LogP contribution in [0.2, 0.25) is 0 Å². The first kappa shape index (κ1) is 15.0. The van der Waals surface area contributed by atoms with Crippen molar-refractivity contribution < 1.29 is 14.7 Å². The summed E-state index contributed by atoms with van der Waals surface area (Å²) in [7, 11) is 0. The molecule has 0 unspecified atom stereocenters. The van der Waals surface area contributed by atoms with Gasteiger partial charge in [0.05, 0.1) is 6.54 Å². The molecule has 3 N–H and O–H groups in total. The predicted molar refractivity (Wildman–Crippen MR) is 69.4 cm³/mol. The fourth-order valence-electron chi connectivity index (χ4n) is 2.41. The van der Waals surface area contributed by atoms with Crippen molar-refractivity contribution in [1.29, 1.82) is 0 Å². The van der Waals surface area contributed by atoms with Crippen LogP contribution in [0, 0.1) is 0 Å². The molecular weight excluding hydrogens is 232 g/mol. The van der Waals surface area contributed by atoms with Gasteiger partial charge in [-0.2, -0.15) is 0 Å². The minimum Gasteiger partial charge on any atom is -0.480 e. The van der Waals surface area contributed by atoms with Gasteiger partial charge in [-0.25, -0.2) is 4.79 Å². The fourth-order valence-corrected chi connectivity index (χ4v) is 2.41. The topological polar surface area (TPSA) is 78.4 Å². The van der Waals surface area contributed by atoms with Crippen molar-refractivity contribution in [3.8, 4) is 0 Å². The lowest BCUT2D eigenvalue weighted by atomic mass is 9.90. The van der Waals surface area contributed by atoms with Crippen LogP contribution in [0.5, 0.6) is 0 Å². The summed E-state index contributed by atoms with van der Waals surface area (Å²) in [5.41, 5.74) is -1.04. The molecule has 1 aliphatic carbocycles. The summed E-state index contributed by atoms with van der Waals surface area (Å²) in [4.78, 5) is 23.2. The zero-order valence-corrected chi connectivity index (χ0v) is 11.1. The van der Waals surface area contributed by atoms with Gasteiger partial charge in [-0.15, -0.1) is 0 Å². The van der Waals surface area contributed by atoms with E-state index in [4.69, 9.17) is 0 Å². The maximum atomic E-state index is 11.8. The van der Waals surface area contributed by atoms with Gasteiger partial charge in [0.15, 0.2) is 0 Å². The van der Waals surface area contributed by atoms with Crippen LogP contribution >= 0.6 is 0 Å². The van der Waals surface area contributed by atoms with Gasteiger partial charge in [0.25, 0.3) is 0 Å². The summed E-state index contributed by atoms with van der Waals surface area (Å²) in [6, 6.07) is 0. The van der Waals surface area contributed by atoms with Crippen molar-refractivity contribution in [3.63, 3.8) is 0 Å². The van der Waals surface area contributed by atoms with E-state index in [2.05, 4.69) is 10.6 Å². The predicted octanol–water partition coefficient (Wildman–Crippen LogP) is 1.28. The number of rotatable bonds is 6. The number of nitrogens with one attached hydrogen (secondary N) is 2. The number of carboxylic acids is 1. The fraction of sp³-hybridized carbons (Fsp3) is 0.846. The number of carboxylic acid groups (broad SMARTS) is 1. The molecule has 18 heavy (non-hydrogen) atoms. The summed E-state index contributed by atoms with van der Waals surface area (Å²) in [5.74, 6) is -1.11. The van der Waals surface area contributed by atoms with E-state index in [1.54, 1.807) is 0 Å². The summed E-state index contributed by atoms with van der Waals surface area (Å²) in [6.07, 6.45) is 5.89. The molecule has 0 spiro atoms. The van der Waals surface area contributed by atoms with Gasteiger partial charge in [-0.3, -0.25) is 4.79 Å². The highest BCUT2D eigenvalue weighted by molar-refractivity contribution is 5.87. The Balaban J connectivity index is 2.55. The highest BCUT2D eigenvalue weighted by Gasteiger charge is 2.39. The molecule has 0 bridgehead atoms. The number of amides is 1. The Bertz CT molecular complexity index is 284. The molecule has 0 heterocycles. The number of hydrogen-bond donors (Lipinski definition) is 3. The lowest BCUT2D eigenvalue weighted by Gasteiger charge is -2.29. The van der Waals surface area contributed by atoms with Crippen LogP contribution in [0.4, 0.5) is 0 Å². The molecule has 104 valence electrons. The first-order chi connectivity index (χ1) is 8.60. The van der Waals surface area contributed by atoms with Gasteiger partial charge >= 0.3 is 5.97 Å². The minimum absolute atomic E-state index is 0.197. The van der Waals surface area contributed by atoms with Crippen molar-refractivity contribution in [2.45, 2.75) is 57.4 Å². The van der Waals surface area contributed by atoms with Gasteiger partial charge in [0.1, 0.15) is 5.54 Å². The average Bonchev–Trinajstić information content (AvgIpc) is 2.56. The molecule has 0 aromatic heterocycles. The minimum atomic E-state index is -1.04. The molecule has 0 aromatic carbocycles. The van der Waals surface area contributed by atoms with Gasteiger partial charge in [-0.1, -0.05) is 32.6 Å². The van der Waals surface area contributed by atoms with E-state index in [-0.39, 0.29) is 12.5 Å². The molecule has 0 saturated heterocycles. The van der Waals surface area contributed by atoms with Crippen molar-refractivity contribution in [2.75, 3.05) is 13.1 Å². The summed E-state index contributed by atoms with van der Waals surface area (Å²) in [6.45, 7) is 2.99. The first-order valence-corrected chi connectivity index (χ1v) is 6.86. The first-order valence-electron chi connectivity index (χ1n) is 6.86. The second-order valence-corrected chi connectivity index (χ2v) is 5.03. The van der Waals surface area contributed by atoms with E-state index in [0.717, 1.165) is 38.6 Å². The van der Waals surface area contributed by atoms with Gasteiger partial charge in [-0.05, 0) is 25.8 Å². The summed E-state index contributed by atoms with van der Waals surface area (Å²) < 4.78 is 0. The third-order valence-electron chi connectivity index (χ3n) is 3.46. The van der Waals surface area contributed by atoms with Gasteiger partial charge in [0, 0.05) is 0 Å². The van der Waals surface area contributed by atoms with Crippen LogP contribution in [0.1, 0.15) is 51.9 Å². The highest BCUT2D eigenvalue weighted by atomic mass is 16.4. The van der Waals surface area contributed by atoms with Crippen LogP contribution in [-0.4, -0.2) is 35.6 Å². The monoisotopic (exact) mass is 256 g/mol. The maximum absolute atomic E-state index is 11.8. The third-order valence-corrected chi connectivity index (χ3v) is 3.46. The zero-order chi connectivity index (χ0) is 13.4. The van der Waals surface area contributed by atoms with E-state index in [1.807, 2.05) is 6.92 Å². The SMILES string of the molecule is CCCNCC(=O)NC1(C(=O)O)CCCCCC1. The van der Waals surface area contributed by atoms with Crippen molar-refractivity contribution in [2.24, 2.45) is 0 Å². The van der Waals surface area contributed by atoms with Gasteiger partial charge < -0.3 is 15.7 Å². The maximum Gasteiger partial charge on any atom is 0.329 e. The van der Waals surface area contributed by atoms with Crippen molar-refractivity contribution >= 4 is 11.9 Å². The molecule has 1 saturated carbocycles. The summed E-state index contributed by atoms with van der Waals surface area (Å²) in [5, 5.41) is 15.1. The molecule has 0 aliphatic heterocycles. The molecule has 0 aromatic rings. The molecule has 5 heteroatoms. The van der Waals surface area contributed by atoms with E-state index in [0.29, 0.717) is 12.8 Å². The Morgan fingerprint density at radius 1 is 1.17 bits per heavy atom. The largest absolute Gasteiger partial charge is 0.480 e. The number of hydrogen-bond acceptors (Lipinski definition) is 3. The highest BCUT2D eigenvalue weighted by Crippen LogP contribution is 2.27. The number of carbonyl (C=O) groups is 2. The molecule has 1 fully saturated rings. The molecule has 1 rings (SSSR count). The number of carbonyl (C=O) groups excluding carboxylic acids is 1. The third kappa shape index (κ3) is 4.29. The molecule has 0 radical (unpaired) electrons. The van der Waals surface area contributed by atoms with E-state index in [9.17, 15) is 14.7 Å². The van der Waals surface area contributed by atoms with E-state index >= 15 is 0 Å². The quantitative estimate of drug-likeness (QED) is 0.494. The smallest absolute Gasteiger partial charge is 0.329 e. The molecule has 0 atom stereocenters. The van der Waals surface area contributed by atoms with Crippen LogP contribution < -0.4 is 10.6 Å². The van der Waals surface area contributed by atoms with Gasteiger partial charge in [0.2, 0.25) is 5.91 Å². The Hall–Kier alpha value is -1.10. The normalized spacial score (nSPS) is 18.9. The van der Waals surface area contributed by atoms with E-state index < -0.39 is 11.5 Å². The molecular formula is C13H24N2O3. The molecule has 1 aliphatic rings. The van der Waals surface area contributed by atoms with Crippen LogP contribution in [0.15, 0.2) is 0 Å². The van der Waals surface area contributed by atoms with Crippen LogP contribution in [-0.2, 0) is 9.59 Å². The Kier molecular flexibility index (Phi) is 6.12. The second-order valence-electron chi connectivity index (χ2n) is 5.03. The molecule has 5 nitrogen and oxygen atoms in total. The van der Waals surface area contributed by atoms with E-state index in [1.165, 1.54) is 0 Å².